The van der Waals surface area contributed by atoms with Crippen LogP contribution in [-0.4, -0.2) is 45.4 Å². The Kier molecular flexibility index (Phi) is 4.92. The predicted molar refractivity (Wildman–Crippen MR) is 131 cm³/mol. The highest BCUT2D eigenvalue weighted by molar-refractivity contribution is 7.18. The van der Waals surface area contributed by atoms with Crippen molar-refractivity contribution in [3.8, 4) is 0 Å². The van der Waals surface area contributed by atoms with Gasteiger partial charge in [0.1, 0.15) is 10.7 Å². The van der Waals surface area contributed by atoms with Crippen molar-refractivity contribution in [2.75, 3.05) is 7.05 Å². The quantitative estimate of drug-likeness (QED) is 0.511. The van der Waals surface area contributed by atoms with Crippen LogP contribution in [0.1, 0.15) is 77.6 Å². The number of hydrogen-bond donors (Lipinski definition) is 1. The molecule has 8 heteroatoms. The molecule has 1 amide bonds. The molecule has 0 spiro atoms. The summed E-state index contributed by atoms with van der Waals surface area (Å²) >= 11 is 9.77. The van der Waals surface area contributed by atoms with Gasteiger partial charge in [0, 0.05) is 36.0 Å². The lowest BCUT2D eigenvalue weighted by molar-refractivity contribution is 0.0653. The average Bonchev–Trinajstić information content (AvgIpc) is 3.07. The van der Waals surface area contributed by atoms with E-state index in [9.17, 15) is 4.79 Å². The molecule has 3 aromatic heterocycles. The molecule has 1 saturated carbocycles. The van der Waals surface area contributed by atoms with Gasteiger partial charge in [0.25, 0.3) is 5.91 Å². The Bertz CT molecular complexity index is 1220. The van der Waals surface area contributed by atoms with Crippen LogP contribution in [0, 0.1) is 6.92 Å². The van der Waals surface area contributed by atoms with E-state index in [0.717, 1.165) is 55.8 Å². The van der Waals surface area contributed by atoms with Crippen LogP contribution in [0.25, 0.3) is 10.2 Å². The van der Waals surface area contributed by atoms with Gasteiger partial charge in [-0.15, -0.1) is 22.7 Å². The number of aromatic nitrogens is 2. The van der Waals surface area contributed by atoms with Crippen molar-refractivity contribution in [3.63, 3.8) is 0 Å². The lowest BCUT2D eigenvalue weighted by atomic mass is 9.88. The molecule has 3 fully saturated rings. The van der Waals surface area contributed by atoms with Crippen LogP contribution in [0.4, 0.5) is 0 Å². The zero-order valence-electron chi connectivity index (χ0n) is 18.5. The van der Waals surface area contributed by atoms with Crippen molar-refractivity contribution in [2.45, 2.75) is 75.4 Å². The molecule has 0 aromatic carbocycles. The number of fused-ring (bicyclic) bond motifs is 3. The fourth-order valence-corrected chi connectivity index (χ4v) is 8.09. The van der Waals surface area contributed by atoms with Crippen molar-refractivity contribution in [3.05, 3.63) is 43.8 Å². The second kappa shape index (κ2) is 7.49. The summed E-state index contributed by atoms with van der Waals surface area (Å²) in [7, 11) is 1.96. The summed E-state index contributed by atoms with van der Waals surface area (Å²) < 4.78 is 0.749. The van der Waals surface area contributed by atoms with E-state index in [1.165, 1.54) is 24.2 Å². The smallest absolute Gasteiger partial charge is 0.263 e. The third kappa shape index (κ3) is 3.49. The molecule has 6 rings (SSSR count). The van der Waals surface area contributed by atoms with Gasteiger partial charge in [-0.1, -0.05) is 11.6 Å². The van der Waals surface area contributed by atoms with E-state index in [0.29, 0.717) is 17.9 Å². The summed E-state index contributed by atoms with van der Waals surface area (Å²) in [6, 6.07) is 4.99. The molecule has 0 radical (unpaired) electrons. The van der Waals surface area contributed by atoms with Crippen molar-refractivity contribution in [2.24, 2.45) is 0 Å². The number of piperidine rings is 1. The Morgan fingerprint density at radius 2 is 2.16 bits per heavy atom. The number of aryl methyl sites for hydroxylation is 1. The molecule has 3 aromatic rings. The number of hydrogen-bond acceptors (Lipinski definition) is 6. The van der Waals surface area contributed by atoms with Gasteiger partial charge < -0.3 is 10.2 Å². The van der Waals surface area contributed by atoms with Crippen molar-refractivity contribution < 1.29 is 4.79 Å². The van der Waals surface area contributed by atoms with Crippen LogP contribution in [-0.2, 0) is 0 Å². The number of carbonyl (C=O) groups is 1. The van der Waals surface area contributed by atoms with Gasteiger partial charge in [-0.3, -0.25) is 4.79 Å². The van der Waals surface area contributed by atoms with Crippen LogP contribution in [0.3, 0.4) is 0 Å². The first-order valence-electron chi connectivity index (χ1n) is 11.4. The monoisotopic (exact) mass is 486 g/mol. The summed E-state index contributed by atoms with van der Waals surface area (Å²) in [6.45, 7) is 4.25. The van der Waals surface area contributed by atoms with E-state index in [2.05, 4.69) is 28.7 Å². The van der Waals surface area contributed by atoms with E-state index in [4.69, 9.17) is 16.6 Å². The number of rotatable bonds is 4. The third-order valence-electron chi connectivity index (χ3n) is 7.64. The van der Waals surface area contributed by atoms with Crippen LogP contribution in [0.2, 0.25) is 4.34 Å². The van der Waals surface area contributed by atoms with E-state index in [-0.39, 0.29) is 17.5 Å². The van der Waals surface area contributed by atoms with Crippen molar-refractivity contribution >= 4 is 50.4 Å². The molecule has 2 aliphatic heterocycles. The SMILES string of the molecule is Cc1nc([C@H]2C[C@@H]2c2cc(C(=O)N(C)[C@H]3C[C@H]4CC[C@@](C)(C3)N4)sc2Cl)c2ccsc2n1. The zero-order chi connectivity index (χ0) is 22.2. The van der Waals surface area contributed by atoms with Gasteiger partial charge in [-0.05, 0) is 74.9 Å². The molecule has 1 aliphatic carbocycles. The summed E-state index contributed by atoms with van der Waals surface area (Å²) in [5, 5.41) is 6.97. The minimum Gasteiger partial charge on any atom is -0.338 e. The first kappa shape index (κ1) is 21.0. The molecule has 2 bridgehead atoms. The highest BCUT2D eigenvalue weighted by Crippen LogP contribution is 2.58. The number of nitrogens with one attached hydrogen (secondary N) is 1. The highest BCUT2D eigenvalue weighted by Gasteiger charge is 2.45. The molecule has 32 heavy (non-hydrogen) atoms. The molecule has 5 heterocycles. The van der Waals surface area contributed by atoms with Gasteiger partial charge in [-0.25, -0.2) is 9.97 Å². The van der Waals surface area contributed by atoms with Gasteiger partial charge >= 0.3 is 0 Å². The number of nitrogens with zero attached hydrogens (tertiary/aromatic N) is 3. The van der Waals surface area contributed by atoms with E-state index in [1.807, 2.05) is 24.9 Å². The lowest BCUT2D eigenvalue weighted by Gasteiger charge is -2.40. The minimum absolute atomic E-state index is 0.105. The maximum atomic E-state index is 13.4. The fourth-order valence-electron chi connectivity index (χ4n) is 5.89. The van der Waals surface area contributed by atoms with E-state index in [1.54, 1.807) is 11.3 Å². The van der Waals surface area contributed by atoms with E-state index >= 15 is 0 Å². The molecular formula is C24H27ClN4OS2. The maximum absolute atomic E-state index is 13.4. The number of halogens is 1. The van der Waals surface area contributed by atoms with Crippen LogP contribution < -0.4 is 5.32 Å². The Morgan fingerprint density at radius 1 is 1.31 bits per heavy atom. The molecule has 1 N–H and O–H groups in total. The Labute approximate surface area is 201 Å². The largest absolute Gasteiger partial charge is 0.338 e. The Morgan fingerprint density at radius 3 is 2.97 bits per heavy atom. The molecule has 168 valence electrons. The first-order chi connectivity index (χ1) is 15.3. The van der Waals surface area contributed by atoms with Gasteiger partial charge in [0.05, 0.1) is 14.9 Å². The minimum atomic E-state index is 0.105. The maximum Gasteiger partial charge on any atom is 0.263 e. The van der Waals surface area contributed by atoms with Gasteiger partial charge in [0.2, 0.25) is 0 Å². The second-order valence-electron chi connectivity index (χ2n) is 10.0. The summed E-state index contributed by atoms with van der Waals surface area (Å²) in [5.74, 6) is 1.60. The number of amides is 1. The van der Waals surface area contributed by atoms with Crippen LogP contribution in [0.15, 0.2) is 17.5 Å². The van der Waals surface area contributed by atoms with Gasteiger partial charge in [-0.2, -0.15) is 0 Å². The molecule has 2 saturated heterocycles. The topological polar surface area (TPSA) is 58.1 Å². The summed E-state index contributed by atoms with van der Waals surface area (Å²) in [5.41, 5.74) is 2.41. The first-order valence-corrected chi connectivity index (χ1v) is 13.4. The van der Waals surface area contributed by atoms with Crippen molar-refractivity contribution in [1.29, 1.82) is 0 Å². The predicted octanol–water partition coefficient (Wildman–Crippen LogP) is 5.73. The third-order valence-corrected chi connectivity index (χ3v) is 9.82. The second-order valence-corrected chi connectivity index (χ2v) is 12.6. The average molecular weight is 487 g/mol. The summed E-state index contributed by atoms with van der Waals surface area (Å²) in [4.78, 5) is 26.5. The highest BCUT2D eigenvalue weighted by atomic mass is 35.5. The molecule has 5 atom stereocenters. The standard InChI is InChI=1S/C24H27ClN4OS2/c1-12-26-20(15-5-7-31-22(15)27-12)17-9-16(17)18-10-19(32-21(18)25)23(30)29(3)14-8-13-4-6-24(2,11-14)28-13/h5,7,10,13-14,16-17,28H,4,6,8-9,11H2,1-3H3/t13-,14+,16+,17+,24+/m1/s1. The summed E-state index contributed by atoms with van der Waals surface area (Å²) in [6.07, 6.45) is 5.50. The number of carbonyl (C=O) groups excluding carboxylic acids is 1. The molecule has 0 unspecified atom stereocenters. The van der Waals surface area contributed by atoms with Crippen LogP contribution >= 0.6 is 34.3 Å². The molecular weight excluding hydrogens is 460 g/mol. The van der Waals surface area contributed by atoms with Crippen LogP contribution in [0.5, 0.6) is 0 Å². The lowest BCUT2D eigenvalue weighted by Crippen LogP contribution is -2.54. The zero-order valence-corrected chi connectivity index (χ0v) is 20.9. The normalized spacial score (nSPS) is 31.2. The van der Waals surface area contributed by atoms with Gasteiger partial charge in [0.15, 0.2) is 0 Å². The van der Waals surface area contributed by atoms with Crippen molar-refractivity contribution in [1.82, 2.24) is 20.2 Å². The molecule has 3 aliphatic rings. The fraction of sp³-hybridized carbons (Fsp3) is 0.542. The Balaban J connectivity index is 1.22. The molecule has 5 nitrogen and oxygen atoms in total. The number of thiophene rings is 2. The Hall–Kier alpha value is -1.54. The van der Waals surface area contributed by atoms with E-state index < -0.39 is 0 Å².